The average molecular weight is 187 g/mol. The zero-order valence-corrected chi connectivity index (χ0v) is 9.31. The molecule has 1 aliphatic rings. The van der Waals surface area contributed by atoms with Crippen LogP contribution in [-0.4, -0.2) is 29.7 Å². The molecule has 0 amide bonds. The number of rotatable bonds is 2. The average Bonchev–Trinajstić information content (AvgIpc) is 2.04. The molecule has 0 aromatic heterocycles. The van der Waals surface area contributed by atoms with E-state index in [0.717, 1.165) is 13.1 Å². The third kappa shape index (κ3) is 2.43. The Kier molecular flexibility index (Phi) is 3.33. The Labute approximate surface area is 81.3 Å². The number of halogens is 1. The Hall–Kier alpha value is -0.110. The van der Waals surface area contributed by atoms with Gasteiger partial charge in [0.2, 0.25) is 0 Å². The molecule has 2 heteroatoms. The summed E-state index contributed by atoms with van der Waals surface area (Å²) in [5.41, 5.74) is -0.897. The molecule has 0 atom stereocenters. The summed E-state index contributed by atoms with van der Waals surface area (Å²) in [6.45, 7) is 10.2. The van der Waals surface area contributed by atoms with Gasteiger partial charge in [-0.3, -0.25) is 0 Å². The molecule has 1 fully saturated rings. The van der Waals surface area contributed by atoms with Gasteiger partial charge in [-0.05, 0) is 32.6 Å². The van der Waals surface area contributed by atoms with Gasteiger partial charge in [0, 0.05) is 19.1 Å². The third-order valence-corrected chi connectivity index (χ3v) is 3.39. The van der Waals surface area contributed by atoms with Crippen LogP contribution in [-0.2, 0) is 0 Å². The molecule has 0 saturated carbocycles. The van der Waals surface area contributed by atoms with Crippen molar-refractivity contribution >= 4 is 0 Å². The molecule has 0 N–H and O–H groups in total. The van der Waals surface area contributed by atoms with E-state index in [2.05, 4.69) is 18.7 Å². The highest BCUT2D eigenvalue weighted by molar-refractivity contribution is 4.89. The maximum atomic E-state index is 14.1. The molecule has 1 nitrogen and oxygen atoms in total. The topological polar surface area (TPSA) is 3.24 Å². The fourth-order valence-electron chi connectivity index (χ4n) is 1.99. The first-order valence-corrected chi connectivity index (χ1v) is 5.38. The van der Waals surface area contributed by atoms with Crippen LogP contribution in [0.15, 0.2) is 0 Å². The summed E-state index contributed by atoms with van der Waals surface area (Å²) in [6.07, 6.45) is 1.42. The van der Waals surface area contributed by atoms with E-state index in [4.69, 9.17) is 0 Å². The quantitative estimate of drug-likeness (QED) is 0.642. The van der Waals surface area contributed by atoms with E-state index in [-0.39, 0.29) is 5.92 Å². The minimum atomic E-state index is -0.897. The van der Waals surface area contributed by atoms with Crippen LogP contribution in [0.1, 0.15) is 40.5 Å². The highest BCUT2D eigenvalue weighted by Crippen LogP contribution is 2.34. The maximum Gasteiger partial charge on any atom is 0.115 e. The van der Waals surface area contributed by atoms with Gasteiger partial charge >= 0.3 is 0 Å². The van der Waals surface area contributed by atoms with Crippen LogP contribution < -0.4 is 0 Å². The Morgan fingerprint density at radius 2 is 1.54 bits per heavy atom. The summed E-state index contributed by atoms with van der Waals surface area (Å²) in [4.78, 5) is 2.36. The van der Waals surface area contributed by atoms with Crippen molar-refractivity contribution in [1.29, 1.82) is 0 Å². The fourth-order valence-corrected chi connectivity index (χ4v) is 1.99. The van der Waals surface area contributed by atoms with E-state index in [0.29, 0.717) is 18.9 Å². The van der Waals surface area contributed by atoms with Gasteiger partial charge in [-0.1, -0.05) is 13.8 Å². The lowest BCUT2D eigenvalue weighted by atomic mass is 9.83. The molecular formula is C11H22FN. The van der Waals surface area contributed by atoms with Crippen LogP contribution in [0, 0.1) is 5.92 Å². The molecule has 0 aromatic rings. The summed E-state index contributed by atoms with van der Waals surface area (Å²) in [6, 6.07) is 0.566. The van der Waals surface area contributed by atoms with E-state index in [9.17, 15) is 4.39 Å². The van der Waals surface area contributed by atoms with Crippen LogP contribution in [0.5, 0.6) is 0 Å². The van der Waals surface area contributed by atoms with E-state index >= 15 is 0 Å². The van der Waals surface area contributed by atoms with Gasteiger partial charge in [-0.25, -0.2) is 4.39 Å². The smallest absolute Gasteiger partial charge is 0.115 e. The van der Waals surface area contributed by atoms with Gasteiger partial charge in [0.1, 0.15) is 5.67 Å². The molecular weight excluding hydrogens is 165 g/mol. The Bertz CT molecular complexity index is 157. The Balaban J connectivity index is 2.47. The first-order chi connectivity index (χ1) is 5.96. The van der Waals surface area contributed by atoms with Crippen molar-refractivity contribution in [1.82, 2.24) is 4.90 Å². The molecule has 1 heterocycles. The van der Waals surface area contributed by atoms with E-state index in [1.807, 2.05) is 13.8 Å². The normalized spacial score (nSPS) is 24.2. The summed E-state index contributed by atoms with van der Waals surface area (Å²) in [5, 5.41) is 0. The van der Waals surface area contributed by atoms with Crippen LogP contribution >= 0.6 is 0 Å². The number of piperidine rings is 1. The summed E-state index contributed by atoms with van der Waals surface area (Å²) in [7, 11) is 0. The zero-order valence-electron chi connectivity index (χ0n) is 9.31. The van der Waals surface area contributed by atoms with Crippen molar-refractivity contribution in [2.24, 2.45) is 5.92 Å². The summed E-state index contributed by atoms with van der Waals surface area (Å²) in [5.74, 6) is 0.168. The second-order valence-electron chi connectivity index (χ2n) is 4.82. The van der Waals surface area contributed by atoms with Gasteiger partial charge in [-0.15, -0.1) is 0 Å². The van der Waals surface area contributed by atoms with E-state index in [1.165, 1.54) is 0 Å². The molecule has 0 bridgehead atoms. The Morgan fingerprint density at radius 1 is 1.08 bits per heavy atom. The van der Waals surface area contributed by atoms with Crippen LogP contribution in [0.3, 0.4) is 0 Å². The molecule has 1 rings (SSSR count). The number of nitrogens with zero attached hydrogens (tertiary/aromatic N) is 1. The predicted molar refractivity (Wildman–Crippen MR) is 54.6 cm³/mol. The lowest BCUT2D eigenvalue weighted by molar-refractivity contribution is 0.0103. The highest BCUT2D eigenvalue weighted by Gasteiger charge is 2.37. The first-order valence-electron chi connectivity index (χ1n) is 5.38. The lowest BCUT2D eigenvalue weighted by Crippen LogP contribution is -2.46. The second kappa shape index (κ2) is 3.95. The van der Waals surface area contributed by atoms with E-state index in [1.54, 1.807) is 0 Å². The lowest BCUT2D eigenvalue weighted by Gasteiger charge is -2.40. The SMILES string of the molecule is CC(C)N1CCC(F)(C(C)C)CC1. The molecule has 13 heavy (non-hydrogen) atoms. The van der Waals surface area contributed by atoms with E-state index < -0.39 is 5.67 Å². The molecule has 0 spiro atoms. The Morgan fingerprint density at radius 3 is 1.85 bits per heavy atom. The van der Waals surface area contributed by atoms with Gasteiger partial charge in [0.05, 0.1) is 0 Å². The van der Waals surface area contributed by atoms with Crippen molar-refractivity contribution in [3.05, 3.63) is 0 Å². The monoisotopic (exact) mass is 187 g/mol. The standard InChI is InChI=1S/C11H22FN/c1-9(2)11(12)5-7-13(8-6-11)10(3)4/h9-10H,5-8H2,1-4H3. The number of hydrogen-bond donors (Lipinski definition) is 0. The number of alkyl halides is 1. The van der Waals surface area contributed by atoms with Gasteiger partial charge in [0.25, 0.3) is 0 Å². The zero-order chi connectivity index (χ0) is 10.1. The third-order valence-electron chi connectivity index (χ3n) is 3.39. The molecule has 0 aliphatic carbocycles. The minimum absolute atomic E-state index is 0.168. The highest BCUT2D eigenvalue weighted by atomic mass is 19.1. The summed E-state index contributed by atoms with van der Waals surface area (Å²) < 4.78 is 14.1. The van der Waals surface area contributed by atoms with Crippen molar-refractivity contribution in [3.63, 3.8) is 0 Å². The summed E-state index contributed by atoms with van der Waals surface area (Å²) >= 11 is 0. The van der Waals surface area contributed by atoms with Gasteiger partial charge in [-0.2, -0.15) is 0 Å². The van der Waals surface area contributed by atoms with Crippen LogP contribution in [0.4, 0.5) is 4.39 Å². The number of hydrogen-bond acceptors (Lipinski definition) is 1. The molecule has 0 radical (unpaired) electrons. The minimum Gasteiger partial charge on any atom is -0.301 e. The van der Waals surface area contributed by atoms with Gasteiger partial charge < -0.3 is 4.90 Å². The van der Waals surface area contributed by atoms with Crippen molar-refractivity contribution < 1.29 is 4.39 Å². The van der Waals surface area contributed by atoms with Crippen LogP contribution in [0.2, 0.25) is 0 Å². The molecule has 78 valence electrons. The molecule has 1 saturated heterocycles. The maximum absolute atomic E-state index is 14.1. The van der Waals surface area contributed by atoms with Crippen molar-refractivity contribution in [3.8, 4) is 0 Å². The first kappa shape index (κ1) is 11.0. The largest absolute Gasteiger partial charge is 0.301 e. The van der Waals surface area contributed by atoms with Gasteiger partial charge in [0.15, 0.2) is 0 Å². The molecule has 0 aromatic carbocycles. The fraction of sp³-hybridized carbons (Fsp3) is 1.00. The molecule has 1 aliphatic heterocycles. The van der Waals surface area contributed by atoms with Crippen LogP contribution in [0.25, 0.3) is 0 Å². The van der Waals surface area contributed by atoms with Crippen molar-refractivity contribution in [2.75, 3.05) is 13.1 Å². The predicted octanol–water partition coefficient (Wildman–Crippen LogP) is 2.85. The second-order valence-corrected chi connectivity index (χ2v) is 4.82. The van der Waals surface area contributed by atoms with Crippen molar-refractivity contribution in [2.45, 2.75) is 52.2 Å². The number of likely N-dealkylation sites (tertiary alicyclic amines) is 1. The molecule has 0 unspecified atom stereocenters.